The van der Waals surface area contributed by atoms with Gasteiger partial charge in [-0.2, -0.15) is 0 Å². The van der Waals surface area contributed by atoms with Crippen molar-refractivity contribution < 1.29 is 9.59 Å². The molecule has 0 heterocycles. The quantitative estimate of drug-likeness (QED) is 0.728. The molecule has 4 nitrogen and oxygen atoms in total. The number of hydrogen-bond donors (Lipinski definition) is 2. The van der Waals surface area contributed by atoms with Crippen LogP contribution in [0.15, 0.2) is 54.6 Å². The number of rotatable bonds is 8. The van der Waals surface area contributed by atoms with Gasteiger partial charge in [-0.3, -0.25) is 9.59 Å². The monoisotopic (exact) mass is 382 g/mol. The molecule has 2 amide bonds. The summed E-state index contributed by atoms with van der Waals surface area (Å²) < 4.78 is 0. The van der Waals surface area contributed by atoms with Gasteiger partial charge in [-0.25, -0.2) is 0 Å². The van der Waals surface area contributed by atoms with Crippen molar-refractivity contribution in [1.29, 1.82) is 0 Å². The third kappa shape index (κ3) is 5.36. The maximum Gasteiger partial charge on any atom is 0.234 e. The van der Waals surface area contributed by atoms with Crippen LogP contribution in [0.5, 0.6) is 0 Å². The lowest BCUT2D eigenvalue weighted by atomic mass is 9.64. The minimum absolute atomic E-state index is 0.00874. The van der Waals surface area contributed by atoms with Gasteiger partial charge in [0, 0.05) is 17.6 Å². The zero-order valence-electron chi connectivity index (χ0n) is 15.7. The van der Waals surface area contributed by atoms with Gasteiger partial charge in [0.2, 0.25) is 11.8 Å². The maximum atomic E-state index is 12.2. The van der Waals surface area contributed by atoms with Gasteiger partial charge in [-0.05, 0) is 43.0 Å². The average molecular weight is 383 g/mol. The first-order chi connectivity index (χ1) is 13.1. The maximum absolute atomic E-state index is 12.2. The highest BCUT2D eigenvalue weighted by Gasteiger charge is 2.38. The predicted octanol–water partition coefficient (Wildman–Crippen LogP) is 3.90. The van der Waals surface area contributed by atoms with E-state index < -0.39 is 0 Å². The minimum Gasteiger partial charge on any atom is -0.354 e. The van der Waals surface area contributed by atoms with Gasteiger partial charge >= 0.3 is 0 Å². The highest BCUT2D eigenvalue weighted by atomic mass is 32.2. The van der Waals surface area contributed by atoms with Crippen LogP contribution in [-0.2, 0) is 15.0 Å². The molecule has 1 aliphatic carbocycles. The molecule has 0 bridgehead atoms. The Morgan fingerprint density at radius 2 is 1.74 bits per heavy atom. The number of carbonyl (C=O) groups is 2. The van der Waals surface area contributed by atoms with E-state index >= 15 is 0 Å². The number of hydrogen-bond acceptors (Lipinski definition) is 3. The summed E-state index contributed by atoms with van der Waals surface area (Å²) in [4.78, 5) is 24.2. The van der Waals surface area contributed by atoms with E-state index in [2.05, 4.69) is 34.9 Å². The van der Waals surface area contributed by atoms with Crippen molar-refractivity contribution in [1.82, 2.24) is 5.32 Å². The lowest BCUT2D eigenvalue weighted by Gasteiger charge is -2.42. The summed E-state index contributed by atoms with van der Waals surface area (Å²) in [6.45, 7) is 2.66. The fourth-order valence-electron chi connectivity index (χ4n) is 3.44. The molecular weight excluding hydrogens is 356 g/mol. The van der Waals surface area contributed by atoms with Crippen LogP contribution in [0.4, 0.5) is 5.69 Å². The Morgan fingerprint density at radius 1 is 1.00 bits per heavy atom. The van der Waals surface area contributed by atoms with Crippen LogP contribution in [0.25, 0.3) is 0 Å². The second kappa shape index (κ2) is 9.09. The minimum atomic E-state index is -0.0850. The molecule has 2 aromatic rings. The van der Waals surface area contributed by atoms with Gasteiger partial charge < -0.3 is 10.6 Å². The molecule has 0 spiro atoms. The molecule has 142 valence electrons. The standard InChI is InChI=1S/C22H26N2O2S/c1-17-7-5-10-19(13-17)24-21(26)15-27-14-20(25)23-16-22(11-6-12-22)18-8-3-2-4-9-18/h2-5,7-10,13H,6,11-12,14-16H2,1H3,(H,23,25)(H,24,26). The molecule has 2 N–H and O–H groups in total. The Bertz CT molecular complexity index is 788. The predicted molar refractivity (Wildman–Crippen MR) is 112 cm³/mol. The van der Waals surface area contributed by atoms with Crippen molar-refractivity contribution in [3.05, 3.63) is 65.7 Å². The molecule has 1 fully saturated rings. The van der Waals surface area contributed by atoms with Crippen LogP contribution < -0.4 is 10.6 Å². The topological polar surface area (TPSA) is 58.2 Å². The van der Waals surface area contributed by atoms with Gasteiger partial charge in [0.15, 0.2) is 0 Å². The van der Waals surface area contributed by atoms with Crippen molar-refractivity contribution in [3.63, 3.8) is 0 Å². The van der Waals surface area contributed by atoms with Crippen molar-refractivity contribution in [2.24, 2.45) is 0 Å². The molecule has 1 saturated carbocycles. The summed E-state index contributed by atoms with van der Waals surface area (Å²) in [6.07, 6.45) is 3.44. The van der Waals surface area contributed by atoms with Crippen LogP contribution in [-0.4, -0.2) is 29.9 Å². The summed E-state index contributed by atoms with van der Waals surface area (Å²) >= 11 is 1.34. The summed E-state index contributed by atoms with van der Waals surface area (Å²) in [7, 11) is 0. The molecule has 27 heavy (non-hydrogen) atoms. The summed E-state index contributed by atoms with van der Waals surface area (Å²) in [5.74, 6) is 0.473. The lowest BCUT2D eigenvalue weighted by Crippen LogP contribution is -2.46. The van der Waals surface area contributed by atoms with Gasteiger partial charge in [0.05, 0.1) is 11.5 Å². The number of anilines is 1. The van der Waals surface area contributed by atoms with Gasteiger partial charge in [0.25, 0.3) is 0 Å². The third-order valence-electron chi connectivity index (χ3n) is 5.09. The molecule has 0 atom stereocenters. The van der Waals surface area contributed by atoms with Crippen molar-refractivity contribution in [2.75, 3.05) is 23.4 Å². The first-order valence-corrected chi connectivity index (χ1v) is 10.5. The second-order valence-electron chi connectivity index (χ2n) is 7.19. The van der Waals surface area contributed by atoms with Gasteiger partial charge in [0.1, 0.15) is 0 Å². The molecule has 0 aromatic heterocycles. The van der Waals surface area contributed by atoms with Gasteiger partial charge in [-0.15, -0.1) is 11.8 Å². The molecule has 0 aliphatic heterocycles. The van der Waals surface area contributed by atoms with Crippen LogP contribution in [0, 0.1) is 6.92 Å². The fraction of sp³-hybridized carbons (Fsp3) is 0.364. The van der Waals surface area contributed by atoms with Crippen molar-refractivity contribution >= 4 is 29.3 Å². The normalized spacial score (nSPS) is 14.9. The molecule has 0 saturated heterocycles. The van der Waals surface area contributed by atoms with Crippen LogP contribution in [0.2, 0.25) is 0 Å². The van der Waals surface area contributed by atoms with E-state index in [-0.39, 0.29) is 23.0 Å². The molecule has 3 rings (SSSR count). The Balaban J connectivity index is 1.39. The first-order valence-electron chi connectivity index (χ1n) is 9.34. The van der Waals surface area contributed by atoms with E-state index in [9.17, 15) is 9.59 Å². The van der Waals surface area contributed by atoms with E-state index in [1.807, 2.05) is 37.3 Å². The Labute approximate surface area is 165 Å². The van der Waals surface area contributed by atoms with Crippen LogP contribution >= 0.6 is 11.8 Å². The van der Waals surface area contributed by atoms with Crippen LogP contribution in [0.3, 0.4) is 0 Å². The zero-order chi connectivity index (χ0) is 19.1. The van der Waals surface area contributed by atoms with E-state index in [0.29, 0.717) is 12.3 Å². The fourth-order valence-corrected chi connectivity index (χ4v) is 4.08. The molecule has 0 radical (unpaired) electrons. The summed E-state index contributed by atoms with van der Waals surface area (Å²) in [6, 6.07) is 18.1. The number of nitrogens with one attached hydrogen (secondary N) is 2. The average Bonchev–Trinajstić information content (AvgIpc) is 2.62. The molecule has 5 heteroatoms. The van der Waals surface area contributed by atoms with Crippen molar-refractivity contribution in [2.45, 2.75) is 31.6 Å². The molecule has 1 aliphatic rings. The van der Waals surface area contributed by atoms with Crippen molar-refractivity contribution in [3.8, 4) is 0 Å². The molecule has 2 aromatic carbocycles. The largest absolute Gasteiger partial charge is 0.354 e. The Hall–Kier alpha value is -2.27. The number of carbonyl (C=O) groups excluding carboxylic acids is 2. The second-order valence-corrected chi connectivity index (χ2v) is 8.17. The lowest BCUT2D eigenvalue weighted by molar-refractivity contribution is -0.119. The van der Waals surface area contributed by atoms with E-state index in [1.54, 1.807) is 0 Å². The first kappa shape index (κ1) is 19.5. The summed E-state index contributed by atoms with van der Waals surface area (Å²) in [5.41, 5.74) is 3.29. The Morgan fingerprint density at radius 3 is 2.41 bits per heavy atom. The molecular formula is C22H26N2O2S. The highest BCUT2D eigenvalue weighted by molar-refractivity contribution is 8.00. The van der Waals surface area contributed by atoms with Gasteiger partial charge in [-0.1, -0.05) is 48.9 Å². The van der Waals surface area contributed by atoms with E-state index in [0.717, 1.165) is 24.1 Å². The number of aryl methyl sites for hydroxylation is 1. The SMILES string of the molecule is Cc1cccc(NC(=O)CSCC(=O)NCC2(c3ccccc3)CCC2)c1. The number of benzene rings is 2. The smallest absolute Gasteiger partial charge is 0.234 e. The highest BCUT2D eigenvalue weighted by Crippen LogP contribution is 2.43. The van der Waals surface area contributed by atoms with E-state index in [1.165, 1.54) is 23.7 Å². The van der Waals surface area contributed by atoms with E-state index in [4.69, 9.17) is 0 Å². The third-order valence-corrected chi connectivity index (χ3v) is 6.02. The zero-order valence-corrected chi connectivity index (χ0v) is 16.5. The Kier molecular flexibility index (Phi) is 6.56. The number of thioether (sulfide) groups is 1. The number of amides is 2. The summed E-state index contributed by atoms with van der Waals surface area (Å²) in [5, 5.41) is 5.92. The molecule has 0 unspecified atom stereocenters. The van der Waals surface area contributed by atoms with Crippen LogP contribution in [0.1, 0.15) is 30.4 Å².